The molecule has 4 heteroatoms. The number of rotatable bonds is 7. The number of hydrogen-bond acceptors (Lipinski definition) is 4. The predicted molar refractivity (Wildman–Crippen MR) is 93.4 cm³/mol. The summed E-state index contributed by atoms with van der Waals surface area (Å²) in [4.78, 5) is 5.98. The topological polar surface area (TPSA) is 45.2 Å². The van der Waals surface area contributed by atoms with E-state index < -0.39 is 0 Å². The van der Waals surface area contributed by atoms with Crippen LogP contribution in [0.15, 0.2) is 30.3 Å². The van der Waals surface area contributed by atoms with Gasteiger partial charge in [0.25, 0.3) is 0 Å². The lowest BCUT2D eigenvalue weighted by molar-refractivity contribution is 0.260. The first-order chi connectivity index (χ1) is 10.5. The smallest absolute Gasteiger partial charge is 0.0956 e. The van der Waals surface area contributed by atoms with Crippen molar-refractivity contribution in [3.05, 3.63) is 51.5 Å². The number of benzene rings is 1. The molecule has 0 saturated carbocycles. The fourth-order valence-corrected chi connectivity index (χ4v) is 3.70. The fraction of sp³-hybridized carbons (Fsp3) is 0.500. The van der Waals surface area contributed by atoms with Crippen molar-refractivity contribution in [1.82, 2.24) is 10.3 Å². The normalized spacial score (nSPS) is 14.3. The Morgan fingerprint density at radius 3 is 2.41 bits per heavy atom. The number of hydrogen-bond donors (Lipinski definition) is 2. The zero-order chi connectivity index (χ0) is 16.1. The number of nitrogens with one attached hydrogen (secondary N) is 1. The molecule has 0 fully saturated rings. The van der Waals surface area contributed by atoms with Crippen LogP contribution in [0, 0.1) is 6.92 Å². The second-order valence-electron chi connectivity index (χ2n) is 6.02. The predicted octanol–water partition coefficient (Wildman–Crippen LogP) is 4.35. The first-order valence-corrected chi connectivity index (χ1v) is 8.73. The third-order valence-corrected chi connectivity index (χ3v) is 5.45. The largest absolute Gasteiger partial charge is 0.396 e. The molecule has 0 bridgehead atoms. The molecule has 1 aromatic carbocycles. The van der Waals surface area contributed by atoms with Gasteiger partial charge < -0.3 is 10.4 Å². The Hall–Kier alpha value is -1.23. The molecule has 2 aromatic rings. The maximum atomic E-state index is 9.36. The number of thiazole rings is 1. The van der Waals surface area contributed by atoms with Crippen LogP contribution in [0.2, 0.25) is 0 Å². The quantitative estimate of drug-likeness (QED) is 0.798. The first kappa shape index (κ1) is 17.1. The van der Waals surface area contributed by atoms with Crippen LogP contribution in [-0.4, -0.2) is 16.7 Å². The third-order valence-electron chi connectivity index (χ3n) is 3.81. The summed E-state index contributed by atoms with van der Waals surface area (Å²) < 4.78 is 0. The molecular weight excluding hydrogens is 292 g/mol. The molecule has 22 heavy (non-hydrogen) atoms. The molecule has 0 aliphatic rings. The molecule has 2 atom stereocenters. The van der Waals surface area contributed by atoms with Crippen molar-refractivity contribution < 1.29 is 5.11 Å². The number of aliphatic hydroxyl groups is 1. The van der Waals surface area contributed by atoms with E-state index in [0.717, 1.165) is 5.69 Å². The van der Waals surface area contributed by atoms with Gasteiger partial charge in [-0.15, -0.1) is 11.3 Å². The third kappa shape index (κ3) is 4.15. The summed E-state index contributed by atoms with van der Waals surface area (Å²) >= 11 is 1.79. The van der Waals surface area contributed by atoms with Crippen LogP contribution < -0.4 is 5.32 Å². The van der Waals surface area contributed by atoms with Crippen LogP contribution in [0.1, 0.15) is 66.3 Å². The Morgan fingerprint density at radius 1 is 1.18 bits per heavy atom. The molecule has 2 rings (SSSR count). The molecule has 0 aliphatic heterocycles. The zero-order valence-electron chi connectivity index (χ0n) is 13.8. The van der Waals surface area contributed by atoms with Crippen LogP contribution in [0.5, 0.6) is 0 Å². The van der Waals surface area contributed by atoms with Gasteiger partial charge in [-0.3, -0.25) is 0 Å². The van der Waals surface area contributed by atoms with Gasteiger partial charge in [-0.25, -0.2) is 4.98 Å². The number of aryl methyl sites for hydroxylation is 1. The summed E-state index contributed by atoms with van der Waals surface area (Å²) in [6, 6.07) is 10.7. The van der Waals surface area contributed by atoms with Gasteiger partial charge in [-0.2, -0.15) is 0 Å². The Kier molecular flexibility index (Phi) is 6.12. The van der Waals surface area contributed by atoms with E-state index >= 15 is 0 Å². The summed E-state index contributed by atoms with van der Waals surface area (Å²) in [5.74, 6) is 0.465. The van der Waals surface area contributed by atoms with Crippen LogP contribution in [0.4, 0.5) is 0 Å². The summed E-state index contributed by atoms with van der Waals surface area (Å²) in [5, 5.41) is 14.2. The van der Waals surface area contributed by atoms with Gasteiger partial charge in [0.15, 0.2) is 0 Å². The molecule has 1 heterocycles. The van der Waals surface area contributed by atoms with E-state index in [1.165, 1.54) is 15.4 Å². The summed E-state index contributed by atoms with van der Waals surface area (Å²) in [6.45, 7) is 8.80. The molecule has 3 nitrogen and oxygen atoms in total. The molecule has 120 valence electrons. The molecule has 0 aliphatic carbocycles. The fourth-order valence-electron chi connectivity index (χ4n) is 2.62. The van der Waals surface area contributed by atoms with Crippen LogP contribution in [-0.2, 0) is 0 Å². The minimum Gasteiger partial charge on any atom is -0.396 e. The molecule has 0 saturated heterocycles. The molecule has 1 unspecified atom stereocenters. The molecule has 1 aromatic heterocycles. The minimum atomic E-state index is 0.158. The highest BCUT2D eigenvalue weighted by Crippen LogP contribution is 2.31. The van der Waals surface area contributed by atoms with Crippen molar-refractivity contribution in [1.29, 1.82) is 0 Å². The highest BCUT2D eigenvalue weighted by molar-refractivity contribution is 7.11. The summed E-state index contributed by atoms with van der Waals surface area (Å²) in [6.07, 6.45) is 0.712. The van der Waals surface area contributed by atoms with E-state index in [1.54, 1.807) is 11.3 Å². The van der Waals surface area contributed by atoms with Gasteiger partial charge in [0.05, 0.1) is 10.7 Å². The molecular formula is C18H26N2OS. The van der Waals surface area contributed by atoms with Crippen LogP contribution in [0.25, 0.3) is 0 Å². The van der Waals surface area contributed by atoms with Gasteiger partial charge in [0.1, 0.15) is 0 Å². The maximum absolute atomic E-state index is 9.36. The van der Waals surface area contributed by atoms with Crippen molar-refractivity contribution >= 4 is 11.3 Å². The Labute approximate surface area is 137 Å². The zero-order valence-corrected chi connectivity index (χ0v) is 14.7. The van der Waals surface area contributed by atoms with Crippen LogP contribution >= 0.6 is 11.3 Å². The minimum absolute atomic E-state index is 0.158. The van der Waals surface area contributed by atoms with E-state index in [0.29, 0.717) is 12.3 Å². The van der Waals surface area contributed by atoms with E-state index in [1.807, 2.05) is 18.2 Å². The van der Waals surface area contributed by atoms with Crippen LogP contribution in [0.3, 0.4) is 0 Å². The first-order valence-electron chi connectivity index (χ1n) is 7.92. The van der Waals surface area contributed by atoms with Gasteiger partial charge in [0.2, 0.25) is 0 Å². The molecule has 0 radical (unpaired) electrons. The van der Waals surface area contributed by atoms with Crippen molar-refractivity contribution in [2.45, 2.75) is 52.1 Å². The SMILES string of the molecule is Cc1nc(C(C)C)sc1C(C)N[C@H](CCO)c1ccccc1. The van der Waals surface area contributed by atoms with E-state index in [9.17, 15) is 5.11 Å². The lowest BCUT2D eigenvalue weighted by Crippen LogP contribution is -2.25. The van der Waals surface area contributed by atoms with Crippen molar-refractivity contribution in [2.75, 3.05) is 6.61 Å². The van der Waals surface area contributed by atoms with Gasteiger partial charge >= 0.3 is 0 Å². The van der Waals surface area contributed by atoms with E-state index in [-0.39, 0.29) is 18.7 Å². The molecule has 0 spiro atoms. The monoisotopic (exact) mass is 318 g/mol. The maximum Gasteiger partial charge on any atom is 0.0956 e. The average molecular weight is 318 g/mol. The van der Waals surface area contributed by atoms with E-state index in [4.69, 9.17) is 0 Å². The standard InChI is InChI=1S/C18H26N2OS/c1-12(2)18-20-14(4)17(22-18)13(3)19-16(10-11-21)15-8-6-5-7-9-15/h5-9,12-13,16,19,21H,10-11H2,1-4H3/t13?,16-/m1/s1. The second kappa shape index (κ2) is 7.86. The lowest BCUT2D eigenvalue weighted by Gasteiger charge is -2.23. The second-order valence-corrected chi connectivity index (χ2v) is 7.08. The Balaban J connectivity index is 2.16. The van der Waals surface area contributed by atoms with Crippen molar-refractivity contribution in [3.8, 4) is 0 Å². The Bertz CT molecular complexity index is 580. The van der Waals surface area contributed by atoms with Crippen molar-refractivity contribution in [2.24, 2.45) is 0 Å². The molecule has 0 amide bonds. The van der Waals surface area contributed by atoms with Gasteiger partial charge in [0, 0.05) is 29.5 Å². The average Bonchev–Trinajstić information content (AvgIpc) is 2.90. The van der Waals surface area contributed by atoms with E-state index in [2.05, 4.69) is 50.1 Å². The lowest BCUT2D eigenvalue weighted by atomic mass is 10.0. The highest BCUT2D eigenvalue weighted by atomic mass is 32.1. The highest BCUT2D eigenvalue weighted by Gasteiger charge is 2.19. The Morgan fingerprint density at radius 2 is 1.86 bits per heavy atom. The van der Waals surface area contributed by atoms with Gasteiger partial charge in [-0.05, 0) is 25.8 Å². The number of aliphatic hydroxyl groups excluding tert-OH is 1. The molecule has 2 N–H and O–H groups in total. The number of aromatic nitrogens is 1. The number of nitrogens with zero attached hydrogens (tertiary/aromatic N) is 1. The van der Waals surface area contributed by atoms with Gasteiger partial charge in [-0.1, -0.05) is 44.2 Å². The summed E-state index contributed by atoms with van der Waals surface area (Å²) in [5.41, 5.74) is 2.33. The summed E-state index contributed by atoms with van der Waals surface area (Å²) in [7, 11) is 0. The van der Waals surface area contributed by atoms with Crippen molar-refractivity contribution in [3.63, 3.8) is 0 Å².